The number of morpholine rings is 1. The third-order valence-electron chi connectivity index (χ3n) is 5.40. The molecule has 3 aromatic rings. The Morgan fingerprint density at radius 1 is 0.690 bits per heavy atom. The molecule has 152 valence electrons. The highest BCUT2D eigenvalue weighted by molar-refractivity contribution is 5.75. The van der Waals surface area contributed by atoms with Crippen molar-refractivity contribution in [2.75, 3.05) is 67.2 Å². The van der Waals surface area contributed by atoms with Gasteiger partial charge >= 0.3 is 0 Å². The summed E-state index contributed by atoms with van der Waals surface area (Å²) in [5.74, 6) is 1.68. The number of piperazine rings is 1. The van der Waals surface area contributed by atoms with E-state index in [1.807, 2.05) is 13.8 Å². The van der Waals surface area contributed by atoms with Gasteiger partial charge in [0.1, 0.15) is 0 Å². The number of aryl methyl sites for hydroxylation is 2. The highest BCUT2D eigenvalue weighted by Crippen LogP contribution is 2.29. The number of anilines is 3. The molecule has 0 unspecified atom stereocenters. The van der Waals surface area contributed by atoms with E-state index in [0.717, 1.165) is 62.3 Å². The smallest absolute Gasteiger partial charge is 0.245 e. The zero-order valence-electron chi connectivity index (χ0n) is 16.7. The Labute approximate surface area is 168 Å². The molecule has 0 radical (unpaired) electrons. The van der Waals surface area contributed by atoms with Crippen LogP contribution >= 0.6 is 0 Å². The molecule has 0 bridgehead atoms. The molecular formula is C19H24N8O2. The largest absolute Gasteiger partial charge is 0.378 e. The van der Waals surface area contributed by atoms with Crippen molar-refractivity contribution in [2.45, 2.75) is 13.8 Å². The van der Waals surface area contributed by atoms with E-state index in [9.17, 15) is 0 Å². The van der Waals surface area contributed by atoms with Crippen LogP contribution in [0.1, 0.15) is 11.4 Å². The number of pyridine rings is 1. The van der Waals surface area contributed by atoms with Crippen LogP contribution < -0.4 is 14.7 Å². The molecule has 10 heteroatoms. The summed E-state index contributed by atoms with van der Waals surface area (Å²) in [4.78, 5) is 20.8. The van der Waals surface area contributed by atoms with Crippen molar-refractivity contribution >= 4 is 28.6 Å². The van der Waals surface area contributed by atoms with Crippen molar-refractivity contribution in [1.29, 1.82) is 0 Å². The van der Waals surface area contributed by atoms with Gasteiger partial charge in [-0.1, -0.05) is 0 Å². The third-order valence-corrected chi connectivity index (χ3v) is 5.40. The lowest BCUT2D eigenvalue weighted by molar-refractivity contribution is 0.122. The molecule has 0 saturated carbocycles. The van der Waals surface area contributed by atoms with Gasteiger partial charge in [-0.05, 0) is 36.3 Å². The molecule has 0 amide bonds. The summed E-state index contributed by atoms with van der Waals surface area (Å²) in [5, 5.41) is 7.77. The summed E-state index contributed by atoms with van der Waals surface area (Å²) in [7, 11) is 0. The number of ether oxygens (including phenoxy) is 1. The van der Waals surface area contributed by atoms with Gasteiger partial charge in [0.25, 0.3) is 0 Å². The van der Waals surface area contributed by atoms with Crippen LogP contribution in [-0.2, 0) is 4.74 Å². The lowest BCUT2D eigenvalue weighted by Gasteiger charge is -2.38. The Morgan fingerprint density at radius 3 is 1.79 bits per heavy atom. The average molecular weight is 396 g/mol. The van der Waals surface area contributed by atoms with Crippen molar-refractivity contribution in [3.8, 4) is 0 Å². The Hall–Kier alpha value is -3.01. The monoisotopic (exact) mass is 396 g/mol. The zero-order valence-corrected chi connectivity index (χ0v) is 16.7. The van der Waals surface area contributed by atoms with Crippen molar-refractivity contribution in [3.63, 3.8) is 0 Å². The molecule has 0 atom stereocenters. The Morgan fingerprint density at radius 2 is 1.21 bits per heavy atom. The minimum atomic E-state index is 0.441. The second-order valence-electron chi connectivity index (χ2n) is 7.46. The molecule has 10 nitrogen and oxygen atoms in total. The van der Waals surface area contributed by atoms with Crippen molar-refractivity contribution in [1.82, 2.24) is 25.3 Å². The molecule has 3 aromatic heterocycles. The summed E-state index contributed by atoms with van der Waals surface area (Å²) in [6.07, 6.45) is 0. The predicted octanol–water partition coefficient (Wildman–Crippen LogP) is 1.19. The first-order valence-electron chi connectivity index (χ1n) is 9.95. The van der Waals surface area contributed by atoms with Crippen molar-refractivity contribution in [2.24, 2.45) is 0 Å². The van der Waals surface area contributed by atoms with Gasteiger partial charge in [-0.25, -0.2) is 14.6 Å². The Bertz CT molecular complexity index is 988. The van der Waals surface area contributed by atoms with Crippen molar-refractivity contribution < 1.29 is 9.37 Å². The van der Waals surface area contributed by atoms with Gasteiger partial charge in [0.2, 0.25) is 11.3 Å². The number of aromatic nitrogens is 5. The lowest BCUT2D eigenvalue weighted by atomic mass is 10.2. The van der Waals surface area contributed by atoms with Gasteiger partial charge in [-0.2, -0.15) is 0 Å². The maximum Gasteiger partial charge on any atom is 0.245 e. The van der Waals surface area contributed by atoms with Gasteiger partial charge in [0.15, 0.2) is 11.6 Å². The van der Waals surface area contributed by atoms with Crippen LogP contribution in [0, 0.1) is 13.8 Å². The minimum Gasteiger partial charge on any atom is -0.378 e. The van der Waals surface area contributed by atoms with Gasteiger partial charge in [0, 0.05) is 56.3 Å². The van der Waals surface area contributed by atoms with Gasteiger partial charge in [0.05, 0.1) is 13.2 Å². The summed E-state index contributed by atoms with van der Waals surface area (Å²) in [5.41, 5.74) is 4.21. The molecule has 5 heterocycles. The topological polar surface area (TPSA) is 96.5 Å². The molecular weight excluding hydrogens is 372 g/mol. The van der Waals surface area contributed by atoms with Gasteiger partial charge in [-0.15, -0.1) is 0 Å². The average Bonchev–Trinajstić information content (AvgIpc) is 3.20. The van der Waals surface area contributed by atoms with E-state index in [2.05, 4.69) is 42.1 Å². The fraction of sp³-hybridized carbons (Fsp3) is 0.526. The number of fused-ring (bicyclic) bond motifs is 1. The summed E-state index contributed by atoms with van der Waals surface area (Å²) < 4.78 is 10.3. The Balaban J connectivity index is 1.41. The second kappa shape index (κ2) is 7.43. The normalized spacial score (nSPS) is 17.9. The van der Waals surface area contributed by atoms with Crippen LogP contribution in [0.5, 0.6) is 0 Å². The van der Waals surface area contributed by atoms with Crippen LogP contribution in [0.3, 0.4) is 0 Å². The van der Waals surface area contributed by atoms with Crippen LogP contribution in [0.15, 0.2) is 16.8 Å². The maximum atomic E-state index is 5.50. The molecule has 0 aliphatic carbocycles. The van der Waals surface area contributed by atoms with E-state index in [-0.39, 0.29) is 0 Å². The second-order valence-corrected chi connectivity index (χ2v) is 7.46. The van der Waals surface area contributed by atoms with Crippen molar-refractivity contribution in [3.05, 3.63) is 23.5 Å². The van der Waals surface area contributed by atoms with E-state index < -0.39 is 0 Å². The molecule has 0 N–H and O–H groups in total. The molecule has 29 heavy (non-hydrogen) atoms. The Kier molecular flexibility index (Phi) is 4.62. The summed E-state index contributed by atoms with van der Waals surface area (Å²) >= 11 is 0. The SMILES string of the molecule is Cc1cc(N2CCN(c3nc4nonc4nc3N3CCOCC3)CC2)cc(C)n1. The molecule has 2 aliphatic heterocycles. The standard InChI is InChI=1S/C19H24N8O2/c1-13-11-15(12-14(2)20-13)25-3-5-26(6-4-25)18-19(27-7-9-28-10-8-27)22-17-16(21-18)23-29-24-17/h11-12H,3-10H2,1-2H3. The number of rotatable bonds is 3. The van der Waals surface area contributed by atoms with Crippen LogP contribution in [0.4, 0.5) is 17.3 Å². The van der Waals surface area contributed by atoms with E-state index in [1.165, 1.54) is 5.69 Å². The van der Waals surface area contributed by atoms with Crippen LogP contribution in [-0.4, -0.2) is 77.7 Å². The zero-order chi connectivity index (χ0) is 19.8. The quantitative estimate of drug-likeness (QED) is 0.642. The third kappa shape index (κ3) is 3.55. The minimum absolute atomic E-state index is 0.441. The first kappa shape index (κ1) is 18.0. The first-order chi connectivity index (χ1) is 14.2. The fourth-order valence-corrected chi connectivity index (χ4v) is 3.99. The highest BCUT2D eigenvalue weighted by atomic mass is 16.6. The van der Waals surface area contributed by atoms with Gasteiger partial charge in [-0.3, -0.25) is 4.98 Å². The number of hydrogen-bond acceptors (Lipinski definition) is 10. The molecule has 2 fully saturated rings. The van der Waals surface area contributed by atoms with E-state index in [0.29, 0.717) is 24.5 Å². The fourth-order valence-electron chi connectivity index (χ4n) is 3.99. The molecule has 5 rings (SSSR count). The predicted molar refractivity (Wildman–Crippen MR) is 109 cm³/mol. The first-order valence-corrected chi connectivity index (χ1v) is 9.95. The lowest BCUT2D eigenvalue weighted by Crippen LogP contribution is -2.48. The van der Waals surface area contributed by atoms with E-state index in [1.54, 1.807) is 0 Å². The van der Waals surface area contributed by atoms with E-state index >= 15 is 0 Å². The van der Waals surface area contributed by atoms with E-state index in [4.69, 9.17) is 19.3 Å². The molecule has 0 spiro atoms. The van der Waals surface area contributed by atoms with Gasteiger partial charge < -0.3 is 19.4 Å². The summed E-state index contributed by atoms with van der Waals surface area (Å²) in [6.45, 7) is 10.5. The summed E-state index contributed by atoms with van der Waals surface area (Å²) in [6, 6.07) is 4.30. The molecule has 2 saturated heterocycles. The highest BCUT2D eigenvalue weighted by Gasteiger charge is 2.27. The maximum absolute atomic E-state index is 5.50. The molecule has 0 aromatic carbocycles. The number of nitrogens with zero attached hydrogens (tertiary/aromatic N) is 8. The van der Waals surface area contributed by atoms with Crippen LogP contribution in [0.25, 0.3) is 11.3 Å². The number of hydrogen-bond donors (Lipinski definition) is 0. The molecule has 2 aliphatic rings. The van der Waals surface area contributed by atoms with Crippen LogP contribution in [0.2, 0.25) is 0 Å².